The lowest BCUT2D eigenvalue weighted by atomic mass is 9.94. The number of carboxylic acids is 1. The lowest BCUT2D eigenvalue weighted by Gasteiger charge is -2.32. The number of piperazine rings is 1. The highest BCUT2D eigenvalue weighted by molar-refractivity contribution is 6.36. The van der Waals surface area contributed by atoms with E-state index in [2.05, 4.69) is 20.2 Å². The van der Waals surface area contributed by atoms with Gasteiger partial charge >= 0.3 is 5.97 Å². The number of hydrogen-bond acceptors (Lipinski definition) is 5. The summed E-state index contributed by atoms with van der Waals surface area (Å²) in [5, 5.41) is 12.3. The fourth-order valence-corrected chi connectivity index (χ4v) is 4.88. The molecule has 2 aromatic heterocycles. The van der Waals surface area contributed by atoms with Crippen LogP contribution in [0.25, 0.3) is 22.8 Å². The Kier molecular flexibility index (Phi) is 5.93. The molecule has 0 saturated carbocycles. The molecule has 3 aromatic rings. The molecule has 184 valence electrons. The van der Waals surface area contributed by atoms with Crippen molar-refractivity contribution in [1.82, 2.24) is 19.8 Å². The first-order valence-electron chi connectivity index (χ1n) is 11.8. The van der Waals surface area contributed by atoms with E-state index in [4.69, 9.17) is 0 Å². The van der Waals surface area contributed by atoms with Crippen molar-refractivity contribution < 1.29 is 19.5 Å². The van der Waals surface area contributed by atoms with Crippen LogP contribution in [0.15, 0.2) is 36.7 Å². The van der Waals surface area contributed by atoms with E-state index in [1.807, 2.05) is 37.9 Å². The van der Waals surface area contributed by atoms with E-state index in [0.29, 0.717) is 52.3 Å². The van der Waals surface area contributed by atoms with Gasteiger partial charge in [0.05, 0.1) is 16.7 Å². The van der Waals surface area contributed by atoms with Crippen LogP contribution in [0.1, 0.15) is 43.2 Å². The molecule has 36 heavy (non-hydrogen) atoms. The van der Waals surface area contributed by atoms with Crippen LogP contribution >= 0.6 is 0 Å². The fourth-order valence-electron chi connectivity index (χ4n) is 4.88. The molecule has 9 nitrogen and oxygen atoms in total. The van der Waals surface area contributed by atoms with Crippen molar-refractivity contribution in [3.63, 3.8) is 0 Å². The number of H-pyrrole nitrogens is 1. The van der Waals surface area contributed by atoms with Crippen LogP contribution in [-0.4, -0.2) is 75.9 Å². The van der Waals surface area contributed by atoms with Gasteiger partial charge in [-0.05, 0) is 50.2 Å². The number of rotatable bonds is 4. The number of aryl methyl sites for hydroxylation is 1. The summed E-state index contributed by atoms with van der Waals surface area (Å²) in [6.45, 7) is 6.79. The highest BCUT2D eigenvalue weighted by Gasteiger charge is 2.30. The van der Waals surface area contributed by atoms with Crippen molar-refractivity contribution in [3.8, 4) is 11.1 Å². The number of carbonyl (C=O) groups excluding carboxylic acids is 2. The second-order valence-corrected chi connectivity index (χ2v) is 9.27. The van der Waals surface area contributed by atoms with E-state index in [0.717, 1.165) is 24.3 Å². The second kappa shape index (κ2) is 9.09. The number of fused-ring (bicyclic) bond motifs is 1. The molecule has 1 fully saturated rings. The number of aromatic carboxylic acids is 1. The molecule has 5 rings (SSSR count). The fraction of sp³-hybridized carbons (Fsp3) is 0.259. The Labute approximate surface area is 208 Å². The minimum Gasteiger partial charge on any atom is -0.478 e. The van der Waals surface area contributed by atoms with Crippen LogP contribution < -0.4 is 5.32 Å². The maximum atomic E-state index is 13.3. The molecule has 0 spiro atoms. The maximum absolute atomic E-state index is 13.3. The molecule has 1 saturated heterocycles. The number of carbonyl (C=O) groups is 3. The van der Waals surface area contributed by atoms with Gasteiger partial charge in [0, 0.05) is 66.8 Å². The quantitative estimate of drug-likeness (QED) is 0.488. The van der Waals surface area contributed by atoms with Crippen LogP contribution in [0, 0.1) is 13.8 Å². The summed E-state index contributed by atoms with van der Waals surface area (Å²) in [6.07, 6.45) is 4.64. The highest BCUT2D eigenvalue weighted by atomic mass is 16.4. The van der Waals surface area contributed by atoms with Crippen molar-refractivity contribution in [3.05, 3.63) is 70.3 Å². The highest BCUT2D eigenvalue weighted by Crippen LogP contribution is 2.40. The molecule has 4 heterocycles. The van der Waals surface area contributed by atoms with Gasteiger partial charge in [-0.25, -0.2) is 4.79 Å². The van der Waals surface area contributed by atoms with E-state index >= 15 is 0 Å². The predicted octanol–water partition coefficient (Wildman–Crippen LogP) is 3.27. The number of hydrogen-bond donors (Lipinski definition) is 3. The van der Waals surface area contributed by atoms with Gasteiger partial charge in [-0.1, -0.05) is 12.1 Å². The summed E-state index contributed by atoms with van der Waals surface area (Å²) in [6, 6.07) is 7.00. The van der Waals surface area contributed by atoms with Gasteiger partial charge in [0.1, 0.15) is 0 Å². The van der Waals surface area contributed by atoms with Gasteiger partial charge in [0.25, 0.3) is 11.8 Å². The summed E-state index contributed by atoms with van der Waals surface area (Å²) in [5.41, 5.74) is 5.98. The van der Waals surface area contributed by atoms with Gasteiger partial charge in [-0.2, -0.15) is 0 Å². The average Bonchev–Trinajstić information content (AvgIpc) is 3.33. The molecule has 0 bridgehead atoms. The van der Waals surface area contributed by atoms with Crippen molar-refractivity contribution in [2.45, 2.75) is 13.8 Å². The number of likely N-dealkylation sites (N-methyl/N-ethyl adjacent to an activating group) is 1. The number of amides is 2. The number of nitrogens with zero attached hydrogens (tertiary/aromatic N) is 3. The molecule has 1 aromatic carbocycles. The Morgan fingerprint density at radius 1 is 1.11 bits per heavy atom. The minimum atomic E-state index is -1.07. The molecule has 2 aliphatic rings. The number of pyridine rings is 1. The monoisotopic (exact) mass is 485 g/mol. The smallest absolute Gasteiger partial charge is 0.337 e. The summed E-state index contributed by atoms with van der Waals surface area (Å²) < 4.78 is 0. The third-order valence-electron chi connectivity index (χ3n) is 6.89. The second-order valence-electron chi connectivity index (χ2n) is 9.27. The van der Waals surface area contributed by atoms with Crippen LogP contribution in [0.2, 0.25) is 0 Å². The normalized spacial score (nSPS) is 16.8. The minimum absolute atomic E-state index is 0.00692. The molecule has 0 radical (unpaired) electrons. The number of aromatic amines is 1. The lowest BCUT2D eigenvalue weighted by Crippen LogP contribution is -2.47. The molecule has 0 aliphatic carbocycles. The van der Waals surface area contributed by atoms with Gasteiger partial charge < -0.3 is 25.2 Å². The van der Waals surface area contributed by atoms with E-state index in [9.17, 15) is 19.5 Å². The van der Waals surface area contributed by atoms with Gasteiger partial charge in [-0.15, -0.1) is 0 Å². The zero-order chi connectivity index (χ0) is 25.6. The number of anilines is 1. The van der Waals surface area contributed by atoms with Gasteiger partial charge in [0.2, 0.25) is 0 Å². The Balaban J connectivity index is 1.56. The molecule has 0 atom stereocenters. The summed E-state index contributed by atoms with van der Waals surface area (Å²) in [7, 11) is 2.05. The molecule has 0 unspecified atom stereocenters. The van der Waals surface area contributed by atoms with Gasteiger partial charge in [-0.3, -0.25) is 14.6 Å². The van der Waals surface area contributed by atoms with E-state index < -0.39 is 5.97 Å². The number of benzene rings is 1. The topological polar surface area (TPSA) is 119 Å². The van der Waals surface area contributed by atoms with Crippen molar-refractivity contribution >= 4 is 35.1 Å². The summed E-state index contributed by atoms with van der Waals surface area (Å²) in [5.74, 6) is -1.34. The molecule has 3 N–H and O–H groups in total. The molecule has 2 aliphatic heterocycles. The van der Waals surface area contributed by atoms with Crippen molar-refractivity contribution in [2.24, 2.45) is 0 Å². The first-order valence-corrected chi connectivity index (χ1v) is 11.8. The van der Waals surface area contributed by atoms with E-state index in [1.165, 1.54) is 6.20 Å². The lowest BCUT2D eigenvalue weighted by molar-refractivity contribution is -0.110. The largest absolute Gasteiger partial charge is 0.478 e. The van der Waals surface area contributed by atoms with Crippen molar-refractivity contribution in [1.29, 1.82) is 0 Å². The Morgan fingerprint density at radius 3 is 2.58 bits per heavy atom. The van der Waals surface area contributed by atoms with E-state index in [-0.39, 0.29) is 17.4 Å². The van der Waals surface area contributed by atoms with Crippen LogP contribution in [0.4, 0.5) is 5.69 Å². The first kappa shape index (κ1) is 23.5. The standard InChI is InChI=1S/C27H27N5O4/c1-15-22(29-16(2)23(15)26(34)32-9-7-31(3)8-10-32)12-20-24-19(5-4-6-21(24)30-25(20)33)17-11-18(27(35)36)14-28-13-17/h4-6,11-14,29H,7-10H2,1-3H3,(H,30,33)(H,35,36)/b20-12-. The van der Waals surface area contributed by atoms with Gasteiger partial charge in [0.15, 0.2) is 0 Å². The van der Waals surface area contributed by atoms with Crippen LogP contribution in [0.5, 0.6) is 0 Å². The zero-order valence-corrected chi connectivity index (χ0v) is 20.4. The predicted molar refractivity (Wildman–Crippen MR) is 137 cm³/mol. The SMILES string of the molecule is Cc1[nH]c(/C=C2\C(=O)Nc3cccc(-c4cncc(C(=O)O)c4)c32)c(C)c1C(=O)N1CCN(C)CC1. The molecule has 9 heteroatoms. The van der Waals surface area contributed by atoms with Crippen LogP contribution in [-0.2, 0) is 4.79 Å². The van der Waals surface area contributed by atoms with Crippen LogP contribution in [0.3, 0.4) is 0 Å². The first-order chi connectivity index (χ1) is 17.2. The number of carboxylic acid groups (broad SMARTS) is 1. The third kappa shape index (κ3) is 4.07. The zero-order valence-electron chi connectivity index (χ0n) is 20.4. The molecule has 2 amide bonds. The maximum Gasteiger partial charge on any atom is 0.337 e. The summed E-state index contributed by atoms with van der Waals surface area (Å²) in [4.78, 5) is 49.3. The Hall–Kier alpha value is -4.24. The number of nitrogens with one attached hydrogen (secondary N) is 2. The third-order valence-corrected chi connectivity index (χ3v) is 6.89. The molecular weight excluding hydrogens is 458 g/mol. The van der Waals surface area contributed by atoms with Crippen molar-refractivity contribution in [2.75, 3.05) is 38.5 Å². The Bertz CT molecular complexity index is 1430. The average molecular weight is 486 g/mol. The molecular formula is C27H27N5O4. The summed E-state index contributed by atoms with van der Waals surface area (Å²) >= 11 is 0. The number of aromatic nitrogens is 2. The Morgan fingerprint density at radius 2 is 1.86 bits per heavy atom. The van der Waals surface area contributed by atoms with E-state index in [1.54, 1.807) is 24.4 Å².